The van der Waals surface area contributed by atoms with E-state index in [0.717, 1.165) is 10.9 Å². The summed E-state index contributed by atoms with van der Waals surface area (Å²) in [5.74, 6) is 0.678. The summed E-state index contributed by atoms with van der Waals surface area (Å²) in [5.41, 5.74) is 1.03. The molecule has 0 atom stereocenters. The zero-order valence-corrected chi connectivity index (χ0v) is 21.4. The molecule has 11 nitrogen and oxygen atoms in total. The van der Waals surface area contributed by atoms with Crippen molar-refractivity contribution in [3.05, 3.63) is 94.5 Å². The van der Waals surface area contributed by atoms with Crippen LogP contribution in [0.3, 0.4) is 0 Å². The molecule has 2 aliphatic heterocycles. The number of hydrogen-bond donors (Lipinski definition) is 2. The van der Waals surface area contributed by atoms with Crippen LogP contribution in [-0.2, 0) is 0 Å². The van der Waals surface area contributed by atoms with Crippen LogP contribution in [-0.4, -0.2) is 53.2 Å². The van der Waals surface area contributed by atoms with Gasteiger partial charge in [0.05, 0.1) is 30.3 Å². The second-order valence-corrected chi connectivity index (χ2v) is 9.43. The molecule has 0 saturated heterocycles. The van der Waals surface area contributed by atoms with Crippen molar-refractivity contribution < 1.29 is 19.1 Å². The van der Waals surface area contributed by atoms with Crippen LogP contribution >= 0.6 is 0 Å². The van der Waals surface area contributed by atoms with E-state index >= 15 is 0 Å². The number of halogens is 1. The van der Waals surface area contributed by atoms with Gasteiger partial charge >= 0.3 is 0 Å². The quantitative estimate of drug-likeness (QED) is 0.299. The zero-order valence-electron chi connectivity index (χ0n) is 21.4. The first kappa shape index (κ1) is 25.2. The average Bonchev–Trinajstić information content (AvgIpc) is 3.36. The first-order chi connectivity index (χ1) is 19.4. The lowest BCUT2D eigenvalue weighted by atomic mass is 9.79. The number of nitrogens with one attached hydrogen (secondary N) is 1. The lowest BCUT2D eigenvalue weighted by Crippen LogP contribution is -2.44. The minimum atomic E-state index is -0.425. The predicted octanol–water partition coefficient (Wildman–Crippen LogP) is 3.44. The van der Waals surface area contributed by atoms with Gasteiger partial charge in [0.15, 0.2) is 11.3 Å². The van der Waals surface area contributed by atoms with Crippen LogP contribution in [0.15, 0.2) is 71.9 Å². The first-order valence-corrected chi connectivity index (χ1v) is 12.7. The monoisotopic (exact) mass is 541 g/mol. The van der Waals surface area contributed by atoms with Gasteiger partial charge in [0, 0.05) is 24.2 Å². The van der Waals surface area contributed by atoms with Crippen molar-refractivity contribution in [3.63, 3.8) is 0 Å². The molecule has 12 heteroatoms. The number of fused-ring (bicyclic) bond motifs is 1. The van der Waals surface area contributed by atoms with Crippen molar-refractivity contribution in [2.45, 2.75) is 31.7 Å². The Morgan fingerprint density at radius 1 is 1.12 bits per heavy atom. The van der Waals surface area contributed by atoms with Gasteiger partial charge in [0.2, 0.25) is 0 Å². The largest absolute Gasteiger partial charge is 0.492 e. The van der Waals surface area contributed by atoms with Crippen molar-refractivity contribution in [2.75, 3.05) is 6.61 Å². The summed E-state index contributed by atoms with van der Waals surface area (Å²) in [6.07, 6.45) is 5.09. The lowest BCUT2D eigenvalue weighted by molar-refractivity contribution is 0.0906. The molecule has 1 fully saturated rings. The molecule has 0 bridgehead atoms. The van der Waals surface area contributed by atoms with Crippen molar-refractivity contribution in [1.29, 1.82) is 0 Å². The molecule has 2 aromatic heterocycles. The van der Waals surface area contributed by atoms with E-state index in [-0.39, 0.29) is 40.2 Å². The molecule has 0 radical (unpaired) electrons. The number of pyridine rings is 3. The Hall–Kier alpha value is -5.13. The third-order valence-electron chi connectivity index (χ3n) is 6.87. The summed E-state index contributed by atoms with van der Waals surface area (Å²) in [5, 5.41) is 21.8. The maximum absolute atomic E-state index is 15.0. The number of ether oxygens (including phenoxy) is 1. The van der Waals surface area contributed by atoms with Crippen LogP contribution in [0, 0.1) is 5.82 Å². The average molecular weight is 542 g/mol. The Morgan fingerprint density at radius 2 is 1.95 bits per heavy atom. The molecule has 40 heavy (non-hydrogen) atoms. The minimum Gasteiger partial charge on any atom is -0.492 e. The Kier molecular flexibility index (Phi) is 6.42. The standard InChI is InChI=1S/C28H24FN7O4/c1-2-40-19-7-8-22(30-15-19)27-34-33-26(36(27)23-6-4-3-5-21(23)29)16-11-17(12-16)32-28(38)20-9-10-35(39)24-13-18(37)14-31-25(20)24/h3-10,13-17,39H,2,11-12H2,1H3,(H,32,38). The molecule has 202 valence electrons. The highest BCUT2D eigenvalue weighted by Gasteiger charge is 2.37. The van der Waals surface area contributed by atoms with Gasteiger partial charge in [-0.05, 0) is 50.1 Å². The molecule has 1 aromatic carbocycles. The predicted molar refractivity (Wildman–Crippen MR) is 141 cm³/mol. The molecule has 3 aromatic rings. The van der Waals surface area contributed by atoms with Crippen LogP contribution < -0.4 is 15.5 Å². The van der Waals surface area contributed by atoms with Crippen LogP contribution in [0.4, 0.5) is 4.39 Å². The maximum atomic E-state index is 15.0. The van der Waals surface area contributed by atoms with E-state index in [9.17, 15) is 19.2 Å². The van der Waals surface area contributed by atoms with E-state index < -0.39 is 5.82 Å². The SMILES string of the molecule is CCOc1ccc(-c2nnc(C3CC(NC(=O)c4ccn(O)c5cc(=O)cnc4-5)C3)n2-c2ccccc2F)nc1. The van der Waals surface area contributed by atoms with E-state index in [1.807, 2.05) is 6.92 Å². The maximum Gasteiger partial charge on any atom is 0.253 e. The third-order valence-corrected chi connectivity index (χ3v) is 6.87. The number of hydrogen-bond acceptors (Lipinski definition) is 8. The topological polar surface area (TPSA) is 137 Å². The van der Waals surface area contributed by atoms with E-state index in [1.54, 1.807) is 41.1 Å². The molecule has 0 spiro atoms. The molecular weight excluding hydrogens is 517 g/mol. The van der Waals surface area contributed by atoms with Crippen molar-refractivity contribution >= 4 is 5.91 Å². The first-order valence-electron chi connectivity index (χ1n) is 12.7. The summed E-state index contributed by atoms with van der Waals surface area (Å²) in [6, 6.07) is 12.4. The zero-order chi connectivity index (χ0) is 27.8. The van der Waals surface area contributed by atoms with Crippen molar-refractivity contribution in [2.24, 2.45) is 0 Å². The Balaban J connectivity index is 1.25. The molecule has 1 saturated carbocycles. The van der Waals surface area contributed by atoms with Crippen LogP contribution in [0.5, 0.6) is 5.75 Å². The molecule has 3 aliphatic rings. The number of rotatable bonds is 7. The number of amides is 1. The van der Waals surface area contributed by atoms with E-state index in [1.165, 1.54) is 24.4 Å². The highest BCUT2D eigenvalue weighted by Crippen LogP contribution is 2.39. The number of carbonyl (C=O) groups is 1. The molecule has 2 N–H and O–H groups in total. The van der Waals surface area contributed by atoms with Gasteiger partial charge in [-0.1, -0.05) is 12.1 Å². The number of carbonyl (C=O) groups excluding carboxylic acids is 1. The minimum absolute atomic E-state index is 0.0953. The summed E-state index contributed by atoms with van der Waals surface area (Å²) >= 11 is 0. The summed E-state index contributed by atoms with van der Waals surface area (Å²) in [7, 11) is 0. The van der Waals surface area contributed by atoms with Gasteiger partial charge in [-0.25, -0.2) is 14.4 Å². The molecule has 0 unspecified atom stereocenters. The van der Waals surface area contributed by atoms with E-state index in [0.29, 0.717) is 48.2 Å². The fraction of sp³-hybridized carbons (Fsp3) is 0.214. The molecule has 1 amide bonds. The van der Waals surface area contributed by atoms with Crippen LogP contribution in [0.1, 0.15) is 41.9 Å². The molecule has 1 aliphatic carbocycles. The van der Waals surface area contributed by atoms with Crippen LogP contribution in [0.25, 0.3) is 28.6 Å². The smallest absolute Gasteiger partial charge is 0.253 e. The second kappa shape index (κ2) is 10.2. The Labute approximate surface area is 227 Å². The fourth-order valence-corrected chi connectivity index (χ4v) is 4.88. The van der Waals surface area contributed by atoms with Crippen molar-refractivity contribution in [3.8, 4) is 34.3 Å². The van der Waals surface area contributed by atoms with E-state index in [2.05, 4.69) is 25.5 Å². The van der Waals surface area contributed by atoms with Gasteiger partial charge in [-0.3, -0.25) is 14.2 Å². The normalized spacial score (nSPS) is 16.4. The van der Waals surface area contributed by atoms with Gasteiger partial charge in [-0.2, -0.15) is 4.73 Å². The summed E-state index contributed by atoms with van der Waals surface area (Å²) in [4.78, 5) is 33.3. The molecular formula is C28H24FN7O4. The van der Waals surface area contributed by atoms with Gasteiger partial charge in [-0.15, -0.1) is 10.2 Å². The summed E-state index contributed by atoms with van der Waals surface area (Å²) in [6.45, 7) is 2.39. The Bertz CT molecular complexity index is 1730. The third kappa shape index (κ3) is 4.53. The Morgan fingerprint density at radius 3 is 2.70 bits per heavy atom. The van der Waals surface area contributed by atoms with Gasteiger partial charge in [0.1, 0.15) is 34.5 Å². The molecule has 4 heterocycles. The van der Waals surface area contributed by atoms with Crippen LogP contribution in [0.2, 0.25) is 0 Å². The highest BCUT2D eigenvalue weighted by atomic mass is 19.1. The number of para-hydroxylation sites is 1. The number of benzene rings is 1. The van der Waals surface area contributed by atoms with Gasteiger partial charge < -0.3 is 15.3 Å². The fourth-order valence-electron chi connectivity index (χ4n) is 4.88. The highest BCUT2D eigenvalue weighted by molar-refractivity contribution is 5.99. The van der Waals surface area contributed by atoms with Gasteiger partial charge in [0.25, 0.3) is 5.91 Å². The molecule has 6 rings (SSSR count). The van der Waals surface area contributed by atoms with E-state index in [4.69, 9.17) is 4.74 Å². The van der Waals surface area contributed by atoms with Crippen molar-refractivity contribution in [1.82, 2.24) is 34.8 Å². The number of aromatic nitrogens is 6. The summed E-state index contributed by atoms with van der Waals surface area (Å²) < 4.78 is 22.9. The second-order valence-electron chi connectivity index (χ2n) is 9.43. The lowest BCUT2D eigenvalue weighted by Gasteiger charge is -2.35. The number of nitrogens with zero attached hydrogens (tertiary/aromatic N) is 6.